The average molecular weight is 335 g/mol. The van der Waals surface area contributed by atoms with Crippen molar-refractivity contribution in [2.45, 2.75) is 25.4 Å². The Morgan fingerprint density at radius 2 is 2.13 bits per heavy atom. The number of aromatic nitrogens is 1. The lowest BCUT2D eigenvalue weighted by atomic mass is 10.2. The van der Waals surface area contributed by atoms with Gasteiger partial charge in [-0.25, -0.2) is 4.98 Å². The molecule has 1 amide bonds. The van der Waals surface area contributed by atoms with E-state index in [1.807, 2.05) is 12.1 Å². The van der Waals surface area contributed by atoms with E-state index in [2.05, 4.69) is 4.98 Å². The molecule has 1 aromatic heterocycles. The number of amides is 1. The molecule has 1 fully saturated rings. The predicted molar refractivity (Wildman–Crippen MR) is 87.0 cm³/mol. The van der Waals surface area contributed by atoms with Crippen LogP contribution in [0.4, 0.5) is 0 Å². The topological polar surface area (TPSA) is 66.6 Å². The van der Waals surface area contributed by atoms with E-state index in [1.165, 1.54) is 6.26 Å². The van der Waals surface area contributed by atoms with Gasteiger partial charge in [-0.15, -0.1) is 0 Å². The number of nitrogens with zero attached hydrogens (tertiary/aromatic N) is 2. The Morgan fingerprint density at radius 1 is 1.43 bits per heavy atom. The molecule has 122 valence electrons. The molecule has 6 heteroatoms. The van der Waals surface area contributed by atoms with Gasteiger partial charge < -0.3 is 14.4 Å². The zero-order valence-corrected chi connectivity index (χ0v) is 13.7. The van der Waals surface area contributed by atoms with Gasteiger partial charge in [0.1, 0.15) is 6.26 Å². The molecule has 0 aliphatic heterocycles. The molecule has 0 bridgehead atoms. The Hall–Kier alpha value is -1.85. The van der Waals surface area contributed by atoms with Crippen molar-refractivity contribution in [2.75, 3.05) is 13.6 Å². The van der Waals surface area contributed by atoms with Gasteiger partial charge in [-0.2, -0.15) is 0 Å². The van der Waals surface area contributed by atoms with E-state index < -0.39 is 6.10 Å². The van der Waals surface area contributed by atoms with Crippen LogP contribution >= 0.6 is 11.6 Å². The van der Waals surface area contributed by atoms with Crippen molar-refractivity contribution in [1.82, 2.24) is 9.88 Å². The van der Waals surface area contributed by atoms with Crippen LogP contribution in [-0.4, -0.2) is 40.6 Å². The van der Waals surface area contributed by atoms with Gasteiger partial charge in [0.25, 0.3) is 0 Å². The van der Waals surface area contributed by atoms with Crippen molar-refractivity contribution in [1.29, 1.82) is 0 Å². The number of hydrogen-bond acceptors (Lipinski definition) is 4. The number of aliphatic hydroxyl groups is 1. The smallest absolute Gasteiger partial charge is 0.228 e. The highest BCUT2D eigenvalue weighted by Gasteiger charge is 2.31. The molecule has 0 spiro atoms. The second-order valence-corrected chi connectivity index (χ2v) is 6.44. The van der Waals surface area contributed by atoms with E-state index >= 15 is 0 Å². The average Bonchev–Trinajstić information content (AvgIpc) is 3.28. The number of carbonyl (C=O) groups is 1. The molecular weight excluding hydrogens is 316 g/mol. The largest absolute Gasteiger partial charge is 0.444 e. The summed E-state index contributed by atoms with van der Waals surface area (Å²) in [6, 6.07) is 7.16. The highest BCUT2D eigenvalue weighted by atomic mass is 35.5. The SMILES string of the molecule is CN(CC(O)C1CC1)C(=O)Cc1coc(-c2ccc(Cl)cc2)n1. The third-order valence-electron chi connectivity index (χ3n) is 4.03. The summed E-state index contributed by atoms with van der Waals surface area (Å²) in [5.74, 6) is 0.736. The lowest BCUT2D eigenvalue weighted by Crippen LogP contribution is -2.36. The van der Waals surface area contributed by atoms with Crippen molar-refractivity contribution in [2.24, 2.45) is 5.92 Å². The first-order valence-corrected chi connectivity index (χ1v) is 8.03. The monoisotopic (exact) mass is 334 g/mol. The van der Waals surface area contributed by atoms with Gasteiger partial charge in [-0.1, -0.05) is 11.6 Å². The number of rotatable bonds is 6. The molecule has 23 heavy (non-hydrogen) atoms. The van der Waals surface area contributed by atoms with E-state index in [4.69, 9.17) is 16.0 Å². The molecule has 5 nitrogen and oxygen atoms in total. The standard InChI is InChI=1S/C17H19ClN2O3/c1-20(9-15(21)11-2-3-11)16(22)8-14-10-23-17(19-14)12-4-6-13(18)7-5-12/h4-7,10-11,15,21H,2-3,8-9H2,1H3. The van der Waals surface area contributed by atoms with Crippen molar-refractivity contribution in [3.05, 3.63) is 41.2 Å². The van der Waals surface area contributed by atoms with Crippen LogP contribution < -0.4 is 0 Å². The number of halogens is 1. The summed E-state index contributed by atoms with van der Waals surface area (Å²) in [7, 11) is 1.70. The summed E-state index contributed by atoms with van der Waals surface area (Å²) in [5.41, 5.74) is 1.39. The predicted octanol–water partition coefficient (Wildman–Crippen LogP) is 2.77. The van der Waals surface area contributed by atoms with Crippen LogP contribution in [0.15, 0.2) is 34.9 Å². The van der Waals surface area contributed by atoms with Crippen molar-refractivity contribution in [3.63, 3.8) is 0 Å². The molecule has 1 heterocycles. The first-order chi connectivity index (χ1) is 11.0. The summed E-state index contributed by atoms with van der Waals surface area (Å²) in [5, 5.41) is 10.6. The summed E-state index contributed by atoms with van der Waals surface area (Å²) in [6.45, 7) is 0.366. The Balaban J connectivity index is 1.59. The van der Waals surface area contributed by atoms with Crippen LogP contribution in [0, 0.1) is 5.92 Å². The molecule has 1 aliphatic rings. The minimum absolute atomic E-state index is 0.0827. The molecule has 0 radical (unpaired) electrons. The summed E-state index contributed by atoms with van der Waals surface area (Å²) < 4.78 is 5.43. The van der Waals surface area contributed by atoms with Crippen LogP contribution in [0.5, 0.6) is 0 Å². The maximum atomic E-state index is 12.2. The van der Waals surface area contributed by atoms with Gasteiger partial charge in [0.15, 0.2) is 0 Å². The number of hydrogen-bond donors (Lipinski definition) is 1. The second-order valence-electron chi connectivity index (χ2n) is 6.01. The summed E-state index contributed by atoms with van der Waals surface area (Å²) in [4.78, 5) is 18.1. The molecule has 2 aromatic rings. The van der Waals surface area contributed by atoms with Crippen molar-refractivity contribution < 1.29 is 14.3 Å². The first-order valence-electron chi connectivity index (χ1n) is 7.65. The molecule has 1 aromatic carbocycles. The molecule has 0 saturated heterocycles. The maximum Gasteiger partial charge on any atom is 0.228 e. The van der Waals surface area contributed by atoms with Crippen molar-refractivity contribution in [3.8, 4) is 11.5 Å². The number of likely N-dealkylation sites (N-methyl/N-ethyl adjacent to an activating group) is 1. The Kier molecular flexibility index (Phi) is 4.68. The lowest BCUT2D eigenvalue weighted by molar-refractivity contribution is -0.130. The number of carbonyl (C=O) groups excluding carboxylic acids is 1. The fourth-order valence-electron chi connectivity index (χ4n) is 2.42. The molecule has 1 unspecified atom stereocenters. The van der Waals surface area contributed by atoms with E-state index in [1.54, 1.807) is 24.1 Å². The van der Waals surface area contributed by atoms with Crippen LogP contribution in [0.2, 0.25) is 5.02 Å². The number of oxazole rings is 1. The zero-order chi connectivity index (χ0) is 16.4. The van der Waals surface area contributed by atoms with Gasteiger partial charge in [-0.3, -0.25) is 4.79 Å². The Bertz CT molecular complexity index is 679. The minimum Gasteiger partial charge on any atom is -0.444 e. The molecule has 1 saturated carbocycles. The minimum atomic E-state index is -0.425. The normalized spacial score (nSPS) is 15.4. The van der Waals surface area contributed by atoms with E-state index in [9.17, 15) is 9.90 Å². The van der Waals surface area contributed by atoms with E-state index in [0.29, 0.717) is 29.1 Å². The van der Waals surface area contributed by atoms with Gasteiger partial charge in [0, 0.05) is 24.2 Å². The van der Waals surface area contributed by atoms with Crippen LogP contribution in [0.3, 0.4) is 0 Å². The highest BCUT2D eigenvalue weighted by Crippen LogP contribution is 2.32. The zero-order valence-electron chi connectivity index (χ0n) is 12.9. The van der Waals surface area contributed by atoms with Gasteiger partial charge in [0.2, 0.25) is 11.8 Å². The van der Waals surface area contributed by atoms with Crippen molar-refractivity contribution >= 4 is 17.5 Å². The second kappa shape index (κ2) is 6.72. The Morgan fingerprint density at radius 3 is 2.78 bits per heavy atom. The first kappa shape index (κ1) is 16.0. The fraction of sp³-hybridized carbons (Fsp3) is 0.412. The van der Waals surface area contributed by atoms with E-state index in [-0.39, 0.29) is 12.3 Å². The quantitative estimate of drug-likeness (QED) is 0.882. The van der Waals surface area contributed by atoms with Gasteiger partial charge in [0.05, 0.1) is 18.2 Å². The number of benzene rings is 1. The molecule has 1 atom stereocenters. The molecular formula is C17H19ClN2O3. The summed E-state index contributed by atoms with van der Waals surface area (Å²) >= 11 is 5.85. The highest BCUT2D eigenvalue weighted by molar-refractivity contribution is 6.30. The maximum absolute atomic E-state index is 12.2. The number of aliphatic hydroxyl groups excluding tert-OH is 1. The van der Waals surface area contributed by atoms with Crippen LogP contribution in [0.25, 0.3) is 11.5 Å². The van der Waals surface area contributed by atoms with Gasteiger partial charge in [-0.05, 0) is 43.0 Å². The van der Waals surface area contributed by atoms with Crippen LogP contribution in [0.1, 0.15) is 18.5 Å². The molecule has 3 rings (SSSR count). The van der Waals surface area contributed by atoms with E-state index in [0.717, 1.165) is 18.4 Å². The molecule has 1 aliphatic carbocycles. The van der Waals surface area contributed by atoms with Gasteiger partial charge >= 0.3 is 0 Å². The van der Waals surface area contributed by atoms with Crippen LogP contribution in [-0.2, 0) is 11.2 Å². The lowest BCUT2D eigenvalue weighted by Gasteiger charge is -2.20. The Labute approximate surface area is 139 Å². The third kappa shape index (κ3) is 4.12. The molecule has 1 N–H and O–H groups in total. The third-order valence-corrected chi connectivity index (χ3v) is 4.28. The summed E-state index contributed by atoms with van der Waals surface area (Å²) in [6.07, 6.45) is 3.33. The fourth-order valence-corrected chi connectivity index (χ4v) is 2.54.